The molecule has 1 saturated carbocycles. The Balaban J connectivity index is 1.69. The van der Waals surface area contributed by atoms with Crippen molar-refractivity contribution in [3.63, 3.8) is 0 Å². The molecular formula is C20H22ClNO3S. The normalized spacial score (nSPS) is 20.2. The van der Waals surface area contributed by atoms with Crippen molar-refractivity contribution in [3.05, 3.63) is 64.7 Å². The van der Waals surface area contributed by atoms with E-state index in [2.05, 4.69) is 4.72 Å². The number of nitrogens with one attached hydrogen (secondary N) is 1. The summed E-state index contributed by atoms with van der Waals surface area (Å²) in [7, 11) is -3.56. The summed E-state index contributed by atoms with van der Waals surface area (Å²) in [5.41, 5.74) is 1.82. The molecule has 138 valence electrons. The quantitative estimate of drug-likeness (QED) is 0.749. The Morgan fingerprint density at radius 1 is 1.08 bits per heavy atom. The summed E-state index contributed by atoms with van der Waals surface area (Å²) in [6.07, 6.45) is 3.63. The molecule has 0 aliphatic heterocycles. The van der Waals surface area contributed by atoms with Crippen LogP contribution in [0.3, 0.4) is 0 Å². The molecule has 2 aromatic carbocycles. The van der Waals surface area contributed by atoms with Crippen LogP contribution < -0.4 is 4.72 Å². The predicted octanol–water partition coefficient (Wildman–Crippen LogP) is 4.23. The Kier molecular flexibility index (Phi) is 5.80. The van der Waals surface area contributed by atoms with Gasteiger partial charge in [0.15, 0.2) is 5.78 Å². The van der Waals surface area contributed by atoms with Crippen molar-refractivity contribution in [1.82, 2.24) is 4.72 Å². The van der Waals surface area contributed by atoms with Gasteiger partial charge in [-0.05, 0) is 61.9 Å². The van der Waals surface area contributed by atoms with Crippen LogP contribution in [0, 0.1) is 5.92 Å². The van der Waals surface area contributed by atoms with E-state index in [4.69, 9.17) is 11.6 Å². The first-order chi connectivity index (χ1) is 12.3. The number of hydrogen-bond acceptors (Lipinski definition) is 3. The Hall–Kier alpha value is -1.69. The lowest BCUT2D eigenvalue weighted by atomic mass is 9.94. The van der Waals surface area contributed by atoms with Gasteiger partial charge in [0.05, 0.1) is 4.90 Å². The molecule has 3 rings (SSSR count). The molecule has 0 bridgehead atoms. The minimum absolute atomic E-state index is 0.0472. The first-order valence-corrected chi connectivity index (χ1v) is 10.6. The highest BCUT2D eigenvalue weighted by atomic mass is 35.5. The van der Waals surface area contributed by atoms with Crippen molar-refractivity contribution in [3.8, 4) is 0 Å². The van der Waals surface area contributed by atoms with E-state index >= 15 is 0 Å². The van der Waals surface area contributed by atoms with E-state index in [1.165, 1.54) is 12.1 Å². The fraction of sp³-hybridized carbons (Fsp3) is 0.350. The number of sulfonamides is 1. The Morgan fingerprint density at radius 3 is 2.35 bits per heavy atom. The van der Waals surface area contributed by atoms with Gasteiger partial charge in [0.25, 0.3) is 0 Å². The molecule has 0 heterocycles. The van der Waals surface area contributed by atoms with Gasteiger partial charge < -0.3 is 0 Å². The molecule has 0 aromatic heterocycles. The van der Waals surface area contributed by atoms with E-state index in [9.17, 15) is 13.2 Å². The number of Topliss-reactive ketones (excluding diaryl/α,β-unsaturated/α-hetero) is 1. The van der Waals surface area contributed by atoms with Crippen molar-refractivity contribution >= 4 is 27.4 Å². The monoisotopic (exact) mass is 391 g/mol. The highest BCUT2D eigenvalue weighted by molar-refractivity contribution is 7.89. The number of carbonyl (C=O) groups is 1. The Bertz CT molecular complexity index is 876. The van der Waals surface area contributed by atoms with Crippen molar-refractivity contribution in [2.45, 2.75) is 43.5 Å². The molecule has 6 heteroatoms. The van der Waals surface area contributed by atoms with Gasteiger partial charge in [0.1, 0.15) is 0 Å². The lowest BCUT2D eigenvalue weighted by Crippen LogP contribution is -2.38. The van der Waals surface area contributed by atoms with E-state index in [-0.39, 0.29) is 22.6 Å². The van der Waals surface area contributed by atoms with Crippen LogP contribution in [0.25, 0.3) is 0 Å². The molecule has 0 unspecified atom stereocenters. The van der Waals surface area contributed by atoms with Crippen LogP contribution in [-0.4, -0.2) is 20.2 Å². The molecule has 2 aromatic rings. The van der Waals surface area contributed by atoms with Crippen LogP contribution in [0.2, 0.25) is 5.02 Å². The number of hydrogen-bond donors (Lipinski definition) is 1. The second-order valence-corrected chi connectivity index (χ2v) is 8.98. The van der Waals surface area contributed by atoms with E-state index in [1.807, 2.05) is 24.3 Å². The lowest BCUT2D eigenvalue weighted by molar-refractivity contribution is 0.101. The highest BCUT2D eigenvalue weighted by Gasteiger charge is 2.31. The highest BCUT2D eigenvalue weighted by Crippen LogP contribution is 2.30. The summed E-state index contributed by atoms with van der Waals surface area (Å²) in [6.45, 7) is 1.55. The summed E-state index contributed by atoms with van der Waals surface area (Å²) in [4.78, 5) is 11.6. The van der Waals surface area contributed by atoms with Gasteiger partial charge in [0.2, 0.25) is 10.0 Å². The molecule has 4 nitrogen and oxygen atoms in total. The third kappa shape index (κ3) is 4.53. The van der Waals surface area contributed by atoms with Crippen LogP contribution in [0.1, 0.15) is 42.1 Å². The van der Waals surface area contributed by atoms with Gasteiger partial charge in [-0.15, -0.1) is 0 Å². The maximum atomic E-state index is 12.6. The van der Waals surface area contributed by atoms with Crippen LogP contribution in [-0.2, 0) is 16.4 Å². The third-order valence-corrected chi connectivity index (χ3v) is 6.71. The first kappa shape index (κ1) is 19.1. The largest absolute Gasteiger partial charge is 0.295 e. The van der Waals surface area contributed by atoms with Gasteiger partial charge in [-0.3, -0.25) is 4.79 Å². The van der Waals surface area contributed by atoms with Crippen molar-refractivity contribution in [2.75, 3.05) is 0 Å². The smallest absolute Gasteiger partial charge is 0.240 e. The minimum atomic E-state index is -3.56. The maximum Gasteiger partial charge on any atom is 0.240 e. The van der Waals surface area contributed by atoms with Crippen molar-refractivity contribution in [1.29, 1.82) is 0 Å². The maximum absolute atomic E-state index is 12.6. The molecule has 26 heavy (non-hydrogen) atoms. The summed E-state index contributed by atoms with van der Waals surface area (Å²) in [5, 5.41) is 0.511. The zero-order valence-electron chi connectivity index (χ0n) is 14.6. The zero-order chi connectivity index (χ0) is 18.7. The molecule has 0 spiro atoms. The zero-order valence-corrected chi connectivity index (χ0v) is 16.2. The second-order valence-electron chi connectivity index (χ2n) is 6.83. The Labute approximate surface area is 159 Å². The molecule has 1 fully saturated rings. The number of ketones is 1. The second kappa shape index (κ2) is 7.91. The molecule has 2 atom stereocenters. The summed E-state index contributed by atoms with van der Waals surface area (Å²) in [5.74, 6) is 0.297. The van der Waals surface area contributed by atoms with Gasteiger partial charge in [-0.1, -0.05) is 42.3 Å². The predicted molar refractivity (Wildman–Crippen MR) is 103 cm³/mol. The average molecular weight is 392 g/mol. The Morgan fingerprint density at radius 2 is 1.73 bits per heavy atom. The van der Waals surface area contributed by atoms with Gasteiger partial charge in [-0.2, -0.15) is 0 Å². The molecule has 0 radical (unpaired) electrons. The van der Waals surface area contributed by atoms with E-state index in [0.29, 0.717) is 10.6 Å². The van der Waals surface area contributed by atoms with Crippen LogP contribution >= 0.6 is 11.6 Å². The molecule has 1 aliphatic rings. The number of carbonyl (C=O) groups excluding carboxylic acids is 1. The molecule has 1 N–H and O–H groups in total. The average Bonchev–Trinajstić information content (AvgIpc) is 3.02. The number of rotatable bonds is 6. The van der Waals surface area contributed by atoms with Gasteiger partial charge in [0, 0.05) is 16.6 Å². The van der Waals surface area contributed by atoms with Crippen molar-refractivity contribution < 1.29 is 13.2 Å². The fourth-order valence-electron chi connectivity index (χ4n) is 3.50. The number of benzene rings is 2. The lowest BCUT2D eigenvalue weighted by Gasteiger charge is -2.21. The summed E-state index contributed by atoms with van der Waals surface area (Å²) < 4.78 is 28.1. The van der Waals surface area contributed by atoms with E-state index < -0.39 is 10.0 Å². The summed E-state index contributed by atoms with van der Waals surface area (Å²) in [6, 6.07) is 13.7. The first-order valence-electron chi connectivity index (χ1n) is 8.73. The molecule has 1 aliphatic carbocycles. The SMILES string of the molecule is CC(=O)c1ccc(C[C@@H]2CCC[C@H]2NS(=O)(=O)c2ccc(Cl)cc2)cc1. The summed E-state index contributed by atoms with van der Waals surface area (Å²) >= 11 is 5.84. The van der Waals surface area contributed by atoms with Gasteiger partial charge in [-0.25, -0.2) is 13.1 Å². The van der Waals surface area contributed by atoms with Crippen LogP contribution in [0.5, 0.6) is 0 Å². The van der Waals surface area contributed by atoms with Crippen LogP contribution in [0.15, 0.2) is 53.4 Å². The molecule has 0 amide bonds. The fourth-order valence-corrected chi connectivity index (χ4v) is 4.96. The molecule has 0 saturated heterocycles. The standard InChI is InChI=1S/C20H22ClNO3S/c1-14(23)16-7-5-15(6-8-16)13-17-3-2-4-20(17)22-26(24,25)19-11-9-18(21)10-12-19/h5-12,17,20,22H,2-4,13H2,1H3/t17-,20+/m0/s1. The van der Waals surface area contributed by atoms with Crippen molar-refractivity contribution in [2.24, 2.45) is 5.92 Å². The van der Waals surface area contributed by atoms with E-state index in [1.54, 1.807) is 19.1 Å². The number of halogens is 1. The minimum Gasteiger partial charge on any atom is -0.295 e. The van der Waals surface area contributed by atoms with E-state index in [0.717, 1.165) is 31.2 Å². The van der Waals surface area contributed by atoms with Crippen LogP contribution in [0.4, 0.5) is 0 Å². The topological polar surface area (TPSA) is 63.2 Å². The molecular weight excluding hydrogens is 370 g/mol. The third-order valence-electron chi connectivity index (χ3n) is 4.95. The van der Waals surface area contributed by atoms with Gasteiger partial charge >= 0.3 is 0 Å².